The van der Waals surface area contributed by atoms with Gasteiger partial charge in [-0.3, -0.25) is 0 Å². The van der Waals surface area contributed by atoms with Crippen LogP contribution in [0.2, 0.25) is 5.02 Å². The number of halogens is 1. The zero-order chi connectivity index (χ0) is 27.1. The fourth-order valence-corrected chi connectivity index (χ4v) is 11.5. The summed E-state index contributed by atoms with van der Waals surface area (Å²) in [7, 11) is -1.86. The summed E-state index contributed by atoms with van der Waals surface area (Å²) >= 11 is 6.16. The summed E-state index contributed by atoms with van der Waals surface area (Å²) in [6, 6.07) is 45.9. The number of carbonyl (C=O) groups is 1. The van der Waals surface area contributed by atoms with E-state index in [0.29, 0.717) is 9.92 Å². The van der Waals surface area contributed by atoms with Crippen LogP contribution in [-0.4, -0.2) is 14.8 Å². The Morgan fingerprint density at radius 1 is 0.615 bits per heavy atom. The molecule has 0 aliphatic carbocycles. The summed E-state index contributed by atoms with van der Waals surface area (Å²) in [4.78, 5) is 14.8. The molecule has 39 heavy (non-hydrogen) atoms. The van der Waals surface area contributed by atoms with Crippen LogP contribution in [0.4, 0.5) is 0 Å². The molecular weight excluding hydrogens is 543 g/mol. The molecule has 0 amide bonds. The molecule has 0 heterocycles. The van der Waals surface area contributed by atoms with Crippen molar-refractivity contribution in [2.24, 2.45) is 0 Å². The predicted octanol–water partition coefficient (Wildman–Crippen LogP) is 6.32. The summed E-state index contributed by atoms with van der Waals surface area (Å²) in [5.74, 6) is -0.586. The van der Waals surface area contributed by atoms with Crippen LogP contribution in [0.5, 0.6) is 0 Å². The first-order valence-electron chi connectivity index (χ1n) is 12.4. The van der Waals surface area contributed by atoms with E-state index in [1.807, 2.05) is 121 Å². The molecule has 0 radical (unpaired) electrons. The van der Waals surface area contributed by atoms with E-state index in [1.54, 1.807) is 24.3 Å². The van der Waals surface area contributed by atoms with Crippen molar-refractivity contribution in [1.82, 2.24) is 0 Å². The topological polar surface area (TPSA) is 43.4 Å². The van der Waals surface area contributed by atoms with Gasteiger partial charge < -0.3 is 4.74 Å². The van der Waals surface area contributed by atoms with E-state index in [9.17, 15) is 9.00 Å². The Morgan fingerprint density at radius 3 is 1.46 bits per heavy atom. The van der Waals surface area contributed by atoms with Gasteiger partial charge in [-0.1, -0.05) is 133 Å². The lowest BCUT2D eigenvalue weighted by Crippen LogP contribution is -2.36. The molecule has 0 saturated carbocycles. The molecule has 5 rings (SSSR count). The minimum Gasteiger partial charge on any atom is -0.457 e. The average molecular weight is 569 g/mol. The molecule has 194 valence electrons. The van der Waals surface area contributed by atoms with Crippen molar-refractivity contribution in [2.45, 2.75) is 11.5 Å². The predicted molar refractivity (Wildman–Crippen MR) is 164 cm³/mol. The van der Waals surface area contributed by atoms with Crippen LogP contribution in [-0.2, 0) is 26.9 Å². The van der Waals surface area contributed by atoms with E-state index in [1.165, 1.54) is 0 Å². The molecule has 0 bridgehead atoms. The van der Waals surface area contributed by atoms with Gasteiger partial charge in [-0.2, -0.15) is 0 Å². The molecule has 1 unspecified atom stereocenters. The maximum absolute atomic E-state index is 14.6. The standard InChI is InChI=1S/C33H26ClO3PS/c34-27-21-23-31(24-22-27)39(36)33(32(35)37-25-26-13-5-1-6-14-26)38(28-15-7-2-8-16-28,29-17-9-3-10-18-29)30-19-11-4-12-20-30/h1-24H,25H2. The molecule has 0 N–H and O–H groups in total. The highest BCUT2D eigenvalue weighted by atomic mass is 35.5. The first-order chi connectivity index (χ1) is 19.1. The molecule has 5 aromatic rings. The third-order valence-corrected chi connectivity index (χ3v) is 13.1. The molecule has 6 heteroatoms. The molecule has 1 atom stereocenters. The minimum absolute atomic E-state index is 0.0688. The van der Waals surface area contributed by atoms with Crippen molar-refractivity contribution >= 4 is 55.8 Å². The van der Waals surface area contributed by atoms with E-state index in [2.05, 4.69) is 0 Å². The maximum atomic E-state index is 14.6. The number of benzene rings is 5. The molecule has 0 aliphatic heterocycles. The van der Waals surface area contributed by atoms with Gasteiger partial charge in [0.15, 0.2) is 0 Å². The van der Waals surface area contributed by atoms with Crippen LogP contribution in [0, 0.1) is 0 Å². The summed E-state index contributed by atoms with van der Waals surface area (Å²) in [6.45, 7) is -2.90. The first-order valence-corrected chi connectivity index (χ1v) is 15.7. The number of esters is 1. The smallest absolute Gasteiger partial charge is 0.348 e. The molecule has 5 aromatic carbocycles. The van der Waals surface area contributed by atoms with Gasteiger partial charge in [0.1, 0.15) is 11.2 Å². The van der Waals surface area contributed by atoms with Gasteiger partial charge >= 0.3 is 5.97 Å². The SMILES string of the molecule is O=C(OCc1ccccc1)C(S(=O)c1ccc(Cl)cc1)=P(c1ccccc1)(c1ccccc1)c1ccccc1. The highest BCUT2D eigenvalue weighted by Crippen LogP contribution is 2.48. The van der Waals surface area contributed by atoms with Crippen LogP contribution in [0.25, 0.3) is 0 Å². The zero-order valence-corrected chi connectivity index (χ0v) is 23.5. The molecule has 0 saturated heterocycles. The van der Waals surface area contributed by atoms with Crippen molar-refractivity contribution < 1.29 is 13.7 Å². The van der Waals surface area contributed by atoms with Gasteiger partial charge in [-0.15, -0.1) is 0 Å². The van der Waals surface area contributed by atoms with Crippen LogP contribution in [0.3, 0.4) is 0 Å². The van der Waals surface area contributed by atoms with Gasteiger partial charge in [0, 0.05) is 16.8 Å². The lowest BCUT2D eigenvalue weighted by Gasteiger charge is -2.31. The van der Waals surface area contributed by atoms with Gasteiger partial charge in [0.25, 0.3) is 0 Å². The fourth-order valence-electron chi connectivity index (χ4n) is 4.55. The van der Waals surface area contributed by atoms with Crippen LogP contribution in [0.15, 0.2) is 150 Å². The van der Waals surface area contributed by atoms with Gasteiger partial charge in [0.05, 0.1) is 10.8 Å². The zero-order valence-electron chi connectivity index (χ0n) is 21.0. The Bertz CT molecular complexity index is 1520. The minimum atomic E-state index is -2.97. The normalized spacial score (nSPS) is 11.9. The lowest BCUT2D eigenvalue weighted by atomic mass is 10.2. The summed E-state index contributed by atoms with van der Waals surface area (Å²) in [5, 5.41) is 3.27. The quantitative estimate of drug-likeness (QED) is 0.163. The number of rotatable bonds is 8. The second kappa shape index (κ2) is 12.4. The maximum Gasteiger partial charge on any atom is 0.348 e. The van der Waals surface area contributed by atoms with Crippen molar-refractivity contribution in [3.63, 3.8) is 0 Å². The number of hydrogen-bond donors (Lipinski definition) is 0. The molecule has 0 spiro atoms. The van der Waals surface area contributed by atoms with Crippen molar-refractivity contribution in [1.29, 1.82) is 0 Å². The third-order valence-electron chi connectivity index (χ3n) is 6.33. The first kappa shape index (κ1) is 26.9. The lowest BCUT2D eigenvalue weighted by molar-refractivity contribution is -0.136. The Labute approximate surface area is 236 Å². The molecule has 0 aromatic heterocycles. The summed E-state index contributed by atoms with van der Waals surface area (Å²) < 4.78 is 20.8. The van der Waals surface area contributed by atoms with E-state index < -0.39 is 23.7 Å². The largest absolute Gasteiger partial charge is 0.457 e. The summed E-state index contributed by atoms with van der Waals surface area (Å²) in [6.07, 6.45) is 0. The van der Waals surface area contributed by atoms with Crippen molar-refractivity contribution in [3.05, 3.63) is 156 Å². The van der Waals surface area contributed by atoms with Crippen LogP contribution in [0.1, 0.15) is 5.56 Å². The second-order valence-electron chi connectivity index (χ2n) is 8.77. The highest BCUT2D eigenvalue weighted by Gasteiger charge is 2.37. The fraction of sp³-hybridized carbons (Fsp3) is 0.0303. The molecule has 3 nitrogen and oxygen atoms in total. The van der Waals surface area contributed by atoms with Crippen LogP contribution >= 0.6 is 18.5 Å². The third kappa shape index (κ3) is 5.69. The number of hydrogen-bond acceptors (Lipinski definition) is 3. The monoisotopic (exact) mass is 568 g/mol. The summed E-state index contributed by atoms with van der Waals surface area (Å²) in [5.41, 5.74) is 0.852. The van der Waals surface area contributed by atoms with E-state index in [4.69, 9.17) is 16.3 Å². The number of carbonyl (C=O) groups excluding carboxylic acids is 1. The van der Waals surface area contributed by atoms with Gasteiger partial charge in [-0.25, -0.2) is 9.00 Å². The van der Waals surface area contributed by atoms with Crippen molar-refractivity contribution in [3.8, 4) is 0 Å². The van der Waals surface area contributed by atoms with Gasteiger partial charge in [0.2, 0.25) is 0 Å². The average Bonchev–Trinajstić information content (AvgIpc) is 3.00. The molecular formula is C33H26ClO3PS. The van der Waals surface area contributed by atoms with Gasteiger partial charge in [-0.05, 0) is 45.7 Å². The van der Waals surface area contributed by atoms with E-state index in [0.717, 1.165) is 21.5 Å². The Hall–Kier alpha value is -3.69. The molecule has 0 aliphatic rings. The Morgan fingerprint density at radius 2 is 1.03 bits per heavy atom. The van der Waals surface area contributed by atoms with E-state index in [-0.39, 0.29) is 11.2 Å². The number of ether oxygens (including phenoxy) is 1. The molecule has 0 fully saturated rings. The highest BCUT2D eigenvalue weighted by molar-refractivity contribution is 8.18. The Balaban J connectivity index is 1.88. The van der Waals surface area contributed by atoms with Crippen molar-refractivity contribution in [2.75, 3.05) is 0 Å². The second-order valence-corrected chi connectivity index (χ2v) is 14.3. The van der Waals surface area contributed by atoms with Crippen LogP contribution < -0.4 is 15.9 Å². The van der Waals surface area contributed by atoms with E-state index >= 15 is 0 Å². The Kier molecular flexibility index (Phi) is 8.58.